The van der Waals surface area contributed by atoms with Crippen LogP contribution in [0.3, 0.4) is 0 Å². The summed E-state index contributed by atoms with van der Waals surface area (Å²) in [6, 6.07) is 0.167. The molecule has 6 nitrogen and oxygen atoms in total. The number of amides is 2. The summed E-state index contributed by atoms with van der Waals surface area (Å²) in [6.07, 6.45) is -2.88. The van der Waals surface area contributed by atoms with Gasteiger partial charge in [0.25, 0.3) is 0 Å². The number of nitrogens with one attached hydrogen (secondary N) is 2. The van der Waals surface area contributed by atoms with Gasteiger partial charge in [-0.1, -0.05) is 0 Å². The average molecular weight is 333 g/mol. The summed E-state index contributed by atoms with van der Waals surface area (Å²) in [5.41, 5.74) is 0.720. The average Bonchev–Trinajstić information content (AvgIpc) is 2.94. The third-order valence-electron chi connectivity index (χ3n) is 3.54. The quantitative estimate of drug-likeness (QED) is 0.886. The fourth-order valence-corrected chi connectivity index (χ4v) is 2.24. The van der Waals surface area contributed by atoms with Crippen LogP contribution in [0, 0.1) is 0 Å². The van der Waals surface area contributed by atoms with E-state index >= 15 is 0 Å². The van der Waals surface area contributed by atoms with Crippen molar-refractivity contribution >= 4 is 6.03 Å². The van der Waals surface area contributed by atoms with Gasteiger partial charge in [0.1, 0.15) is 12.1 Å². The van der Waals surface area contributed by atoms with Crippen LogP contribution in [0.4, 0.5) is 18.0 Å². The zero-order valence-corrected chi connectivity index (χ0v) is 12.7. The van der Waals surface area contributed by atoms with Crippen molar-refractivity contribution in [3.8, 4) is 5.88 Å². The molecule has 2 N–H and O–H groups in total. The largest absolute Gasteiger partial charge is 0.481 e. The summed E-state index contributed by atoms with van der Waals surface area (Å²) in [4.78, 5) is 15.8. The van der Waals surface area contributed by atoms with Crippen LogP contribution in [0.5, 0.6) is 5.88 Å². The van der Waals surface area contributed by atoms with E-state index in [0.29, 0.717) is 18.9 Å². The fourth-order valence-electron chi connectivity index (χ4n) is 2.24. The third kappa shape index (κ3) is 4.47. The van der Waals surface area contributed by atoms with Crippen molar-refractivity contribution in [1.82, 2.24) is 15.6 Å². The van der Waals surface area contributed by atoms with Gasteiger partial charge in [-0.3, -0.25) is 0 Å². The number of hydrogen-bond donors (Lipinski definition) is 2. The monoisotopic (exact) mass is 333 g/mol. The van der Waals surface area contributed by atoms with Crippen LogP contribution in [0.15, 0.2) is 18.3 Å². The number of nitrogens with zero attached hydrogens (tertiary/aromatic N) is 1. The van der Waals surface area contributed by atoms with Gasteiger partial charge in [-0.15, -0.1) is 0 Å². The van der Waals surface area contributed by atoms with Crippen molar-refractivity contribution in [1.29, 1.82) is 0 Å². The van der Waals surface area contributed by atoms with E-state index in [2.05, 4.69) is 10.3 Å². The Kier molecular flexibility index (Phi) is 5.30. The molecule has 1 aliphatic heterocycles. The van der Waals surface area contributed by atoms with E-state index in [1.807, 2.05) is 5.32 Å². The molecule has 0 bridgehead atoms. The lowest BCUT2D eigenvalue weighted by atomic mass is 10.0. The Morgan fingerprint density at radius 3 is 2.78 bits per heavy atom. The Labute approximate surface area is 131 Å². The molecule has 1 aromatic heterocycles. The highest BCUT2D eigenvalue weighted by atomic mass is 19.4. The summed E-state index contributed by atoms with van der Waals surface area (Å²) in [6.45, 7) is 1.28. The van der Waals surface area contributed by atoms with Gasteiger partial charge in [0.05, 0.1) is 13.2 Å². The molecule has 9 heteroatoms. The first-order valence-corrected chi connectivity index (χ1v) is 7.06. The van der Waals surface area contributed by atoms with Gasteiger partial charge in [-0.25, -0.2) is 9.78 Å². The van der Waals surface area contributed by atoms with Crippen molar-refractivity contribution in [3.05, 3.63) is 23.9 Å². The second kappa shape index (κ2) is 7.03. The lowest BCUT2D eigenvalue weighted by Crippen LogP contribution is -2.50. The summed E-state index contributed by atoms with van der Waals surface area (Å²) < 4.78 is 47.9. The number of methoxy groups -OCH3 is 1. The topological polar surface area (TPSA) is 72.5 Å². The Bertz CT molecular complexity index is 536. The molecular weight excluding hydrogens is 315 g/mol. The Hall–Kier alpha value is -2.03. The smallest absolute Gasteiger partial charge is 0.408 e. The van der Waals surface area contributed by atoms with Gasteiger partial charge >= 0.3 is 12.2 Å². The molecule has 0 aromatic carbocycles. The van der Waals surface area contributed by atoms with E-state index in [9.17, 15) is 18.0 Å². The first-order chi connectivity index (χ1) is 10.8. The minimum atomic E-state index is -4.48. The fraction of sp³-hybridized carbons (Fsp3) is 0.571. The molecule has 0 aliphatic carbocycles. The molecule has 0 radical (unpaired) electrons. The van der Waals surface area contributed by atoms with Crippen LogP contribution in [-0.4, -0.2) is 43.0 Å². The minimum Gasteiger partial charge on any atom is -0.481 e. The van der Waals surface area contributed by atoms with E-state index < -0.39 is 30.4 Å². The molecule has 1 aliphatic rings. The number of alkyl halides is 3. The number of urea groups is 1. The number of rotatable bonds is 4. The van der Waals surface area contributed by atoms with E-state index in [0.717, 1.165) is 12.5 Å². The highest BCUT2D eigenvalue weighted by molar-refractivity contribution is 5.74. The molecule has 2 heterocycles. The predicted octanol–water partition coefficient (Wildman–Crippen LogP) is 2.17. The van der Waals surface area contributed by atoms with Gasteiger partial charge in [0.15, 0.2) is 0 Å². The number of carbonyl (C=O) groups excluding carboxylic acids is 1. The van der Waals surface area contributed by atoms with Crippen molar-refractivity contribution in [2.24, 2.45) is 0 Å². The number of ether oxygens (including phenoxy) is 2. The van der Waals surface area contributed by atoms with Crippen molar-refractivity contribution < 1.29 is 27.4 Å². The highest BCUT2D eigenvalue weighted by Crippen LogP contribution is 2.29. The molecule has 1 saturated heterocycles. The van der Waals surface area contributed by atoms with E-state index in [4.69, 9.17) is 9.47 Å². The van der Waals surface area contributed by atoms with Gasteiger partial charge in [0.2, 0.25) is 5.88 Å². The lowest BCUT2D eigenvalue weighted by molar-refractivity contribution is -0.148. The Balaban J connectivity index is 1.97. The Morgan fingerprint density at radius 1 is 1.48 bits per heavy atom. The lowest BCUT2D eigenvalue weighted by Gasteiger charge is -2.22. The van der Waals surface area contributed by atoms with Crippen molar-refractivity contribution in [3.63, 3.8) is 0 Å². The summed E-state index contributed by atoms with van der Waals surface area (Å²) in [5.74, 6) is 0.438. The van der Waals surface area contributed by atoms with E-state index in [1.165, 1.54) is 7.11 Å². The molecule has 128 valence electrons. The SMILES string of the molecule is COc1ccc([C@H]2OCC[C@@H]2NC(=O)N[C@@H](C)C(F)(F)F)cn1. The maximum atomic E-state index is 12.4. The number of hydrogen-bond acceptors (Lipinski definition) is 4. The van der Waals surface area contributed by atoms with Crippen LogP contribution in [0.25, 0.3) is 0 Å². The van der Waals surface area contributed by atoms with Gasteiger partial charge in [-0.2, -0.15) is 13.2 Å². The molecule has 0 saturated carbocycles. The van der Waals surface area contributed by atoms with Crippen molar-refractivity contribution in [2.45, 2.75) is 37.7 Å². The number of halogens is 3. The van der Waals surface area contributed by atoms with E-state index in [1.54, 1.807) is 18.3 Å². The minimum absolute atomic E-state index is 0.399. The molecule has 2 rings (SSSR count). The maximum Gasteiger partial charge on any atom is 0.408 e. The van der Waals surface area contributed by atoms with Crippen LogP contribution in [-0.2, 0) is 4.74 Å². The normalized spacial score (nSPS) is 22.5. The Morgan fingerprint density at radius 2 is 2.22 bits per heavy atom. The summed E-state index contributed by atoms with van der Waals surface area (Å²) in [5, 5.41) is 4.40. The number of aromatic nitrogens is 1. The second-order valence-electron chi connectivity index (χ2n) is 5.20. The molecule has 1 aromatic rings. The first-order valence-electron chi connectivity index (χ1n) is 7.06. The molecule has 0 unspecified atom stereocenters. The van der Waals surface area contributed by atoms with Gasteiger partial charge in [0, 0.05) is 24.4 Å². The molecule has 23 heavy (non-hydrogen) atoms. The third-order valence-corrected chi connectivity index (χ3v) is 3.54. The van der Waals surface area contributed by atoms with Crippen LogP contribution in [0.2, 0.25) is 0 Å². The number of pyridine rings is 1. The highest BCUT2D eigenvalue weighted by Gasteiger charge is 2.38. The molecule has 2 amide bonds. The van der Waals surface area contributed by atoms with Gasteiger partial charge in [-0.05, 0) is 19.4 Å². The standard InChI is InChI=1S/C14H18F3N3O3/c1-8(14(15,16)17)19-13(21)20-10-5-6-23-12(10)9-3-4-11(22-2)18-7-9/h3-4,7-8,10,12H,5-6H2,1-2H3,(H2,19,20,21)/t8-,10-,12+/m0/s1. The van der Waals surface area contributed by atoms with Gasteiger partial charge < -0.3 is 20.1 Å². The molecule has 1 fully saturated rings. The van der Waals surface area contributed by atoms with Crippen LogP contribution < -0.4 is 15.4 Å². The molecule has 3 atom stereocenters. The van der Waals surface area contributed by atoms with Crippen LogP contribution in [0.1, 0.15) is 25.0 Å². The maximum absolute atomic E-state index is 12.4. The first kappa shape index (κ1) is 17.3. The summed E-state index contributed by atoms with van der Waals surface area (Å²) >= 11 is 0. The van der Waals surface area contributed by atoms with Crippen molar-refractivity contribution in [2.75, 3.05) is 13.7 Å². The molecular formula is C14H18F3N3O3. The van der Waals surface area contributed by atoms with E-state index in [-0.39, 0.29) is 0 Å². The second-order valence-corrected chi connectivity index (χ2v) is 5.20. The predicted molar refractivity (Wildman–Crippen MR) is 75.1 cm³/mol. The molecule has 0 spiro atoms. The van der Waals surface area contributed by atoms with Crippen LogP contribution >= 0.6 is 0 Å². The zero-order chi connectivity index (χ0) is 17.0. The summed E-state index contributed by atoms with van der Waals surface area (Å²) in [7, 11) is 1.49. The number of carbonyl (C=O) groups is 1. The zero-order valence-electron chi connectivity index (χ0n) is 12.7.